The summed E-state index contributed by atoms with van der Waals surface area (Å²) in [5, 5.41) is 44.8. The van der Waals surface area contributed by atoms with Crippen LogP contribution in [0.2, 0.25) is 0 Å². The first kappa shape index (κ1) is 37.5. The van der Waals surface area contributed by atoms with Gasteiger partial charge in [0, 0.05) is 31.5 Å². The van der Waals surface area contributed by atoms with Gasteiger partial charge in [-0.25, -0.2) is 4.79 Å². The molecule has 0 spiro atoms. The van der Waals surface area contributed by atoms with Gasteiger partial charge >= 0.3 is 5.97 Å². The number of aryl methyl sites for hydroxylation is 1. The third-order valence-corrected chi connectivity index (χ3v) is 7.03. The van der Waals surface area contributed by atoms with E-state index in [9.17, 15) is 44.4 Å². The number of nitrogens with zero attached hydrogens (tertiary/aromatic N) is 1. The van der Waals surface area contributed by atoms with E-state index in [1.807, 2.05) is 6.92 Å². The molecule has 0 saturated carbocycles. The average molecular weight is 668 g/mol. The molecule has 1 aromatic rings. The molecule has 3 rings (SSSR count). The summed E-state index contributed by atoms with van der Waals surface area (Å²) in [6.07, 6.45) is -6.01. The summed E-state index contributed by atoms with van der Waals surface area (Å²) in [6.45, 7) is 3.52. The van der Waals surface area contributed by atoms with Crippen molar-refractivity contribution >= 4 is 35.3 Å². The Labute approximate surface area is 270 Å². The zero-order valence-corrected chi connectivity index (χ0v) is 25.9. The van der Waals surface area contributed by atoms with Crippen LogP contribution in [0, 0.1) is 0 Å². The van der Waals surface area contributed by atoms with Crippen molar-refractivity contribution in [3.05, 3.63) is 35.9 Å². The SMILES string of the molecule is CCc1ccc(O[C@@H]2O[C@H](C(=O)O)[C@@H](O)[C@H](O)[C@H]2O)c(NC(=O)CCNC(=O)CCOCCOCCOCCN2C(=O)C=CC2=O)c1. The van der Waals surface area contributed by atoms with Gasteiger partial charge in [-0.2, -0.15) is 0 Å². The number of rotatable bonds is 20. The Morgan fingerprint density at radius 3 is 2.13 bits per heavy atom. The number of hydrogen-bond acceptors (Lipinski definition) is 13. The highest BCUT2D eigenvalue weighted by Crippen LogP contribution is 2.31. The fraction of sp³-hybridized carbons (Fsp3) is 0.567. The van der Waals surface area contributed by atoms with Gasteiger partial charge in [0.1, 0.15) is 24.1 Å². The molecule has 0 aliphatic carbocycles. The van der Waals surface area contributed by atoms with Crippen LogP contribution in [0.1, 0.15) is 25.3 Å². The number of aliphatic hydroxyl groups excluding tert-OH is 3. The van der Waals surface area contributed by atoms with Crippen molar-refractivity contribution < 1.29 is 68.1 Å². The summed E-state index contributed by atoms with van der Waals surface area (Å²) in [4.78, 5) is 60.1. The summed E-state index contributed by atoms with van der Waals surface area (Å²) in [7, 11) is 0. The number of carbonyl (C=O) groups is 5. The van der Waals surface area contributed by atoms with E-state index < -0.39 is 42.6 Å². The Balaban J connectivity index is 1.29. The van der Waals surface area contributed by atoms with E-state index in [1.54, 1.807) is 12.1 Å². The number of nitrogens with one attached hydrogen (secondary N) is 2. The second-order valence-corrected chi connectivity index (χ2v) is 10.4. The van der Waals surface area contributed by atoms with Gasteiger partial charge in [-0.05, 0) is 24.1 Å². The minimum atomic E-state index is -1.88. The van der Waals surface area contributed by atoms with Crippen molar-refractivity contribution in [3.63, 3.8) is 0 Å². The van der Waals surface area contributed by atoms with Gasteiger partial charge in [-0.1, -0.05) is 13.0 Å². The zero-order valence-electron chi connectivity index (χ0n) is 25.9. The van der Waals surface area contributed by atoms with Crippen LogP contribution in [0.25, 0.3) is 0 Å². The number of aliphatic hydroxyl groups is 3. The lowest BCUT2D eigenvalue weighted by atomic mass is 9.99. The molecule has 1 saturated heterocycles. The molecule has 2 aliphatic rings. The summed E-state index contributed by atoms with van der Waals surface area (Å²) >= 11 is 0. The predicted molar refractivity (Wildman–Crippen MR) is 160 cm³/mol. The zero-order chi connectivity index (χ0) is 34.3. The molecule has 5 atom stereocenters. The van der Waals surface area contributed by atoms with Gasteiger partial charge in [-0.15, -0.1) is 0 Å². The smallest absolute Gasteiger partial charge is 0.335 e. The molecular formula is C30H41N3O14. The minimum Gasteiger partial charge on any atom is -0.479 e. The number of benzene rings is 1. The van der Waals surface area contributed by atoms with Crippen molar-refractivity contribution in [3.8, 4) is 5.75 Å². The molecule has 4 amide bonds. The van der Waals surface area contributed by atoms with Crippen LogP contribution in [-0.4, -0.2) is 138 Å². The van der Waals surface area contributed by atoms with Gasteiger partial charge in [0.25, 0.3) is 11.8 Å². The van der Waals surface area contributed by atoms with Crippen LogP contribution in [0.15, 0.2) is 30.4 Å². The second kappa shape index (κ2) is 19.0. The molecule has 0 aromatic heterocycles. The van der Waals surface area contributed by atoms with Crippen molar-refractivity contribution in [1.29, 1.82) is 0 Å². The maximum absolute atomic E-state index is 12.6. The molecule has 0 bridgehead atoms. The van der Waals surface area contributed by atoms with Crippen LogP contribution in [-0.2, 0) is 49.3 Å². The number of amides is 4. The minimum absolute atomic E-state index is 0.0238. The third kappa shape index (κ3) is 11.7. The van der Waals surface area contributed by atoms with Crippen molar-refractivity contribution in [2.24, 2.45) is 0 Å². The van der Waals surface area contributed by atoms with Crippen molar-refractivity contribution in [1.82, 2.24) is 10.2 Å². The predicted octanol–water partition coefficient (Wildman–Crippen LogP) is -1.67. The molecule has 260 valence electrons. The van der Waals surface area contributed by atoms with Gasteiger partial charge < -0.3 is 54.7 Å². The van der Waals surface area contributed by atoms with E-state index in [-0.39, 0.29) is 94.7 Å². The molecule has 0 unspecified atom stereocenters. The number of ether oxygens (including phenoxy) is 5. The number of anilines is 1. The van der Waals surface area contributed by atoms with E-state index >= 15 is 0 Å². The van der Waals surface area contributed by atoms with Crippen LogP contribution < -0.4 is 15.4 Å². The van der Waals surface area contributed by atoms with Crippen molar-refractivity contribution in [2.45, 2.75) is 56.9 Å². The Morgan fingerprint density at radius 2 is 1.49 bits per heavy atom. The highest BCUT2D eigenvalue weighted by molar-refractivity contribution is 6.12. The molecule has 1 aromatic carbocycles. The molecular weight excluding hydrogens is 626 g/mol. The van der Waals surface area contributed by atoms with Crippen LogP contribution >= 0.6 is 0 Å². The lowest BCUT2D eigenvalue weighted by molar-refractivity contribution is -0.271. The summed E-state index contributed by atoms with van der Waals surface area (Å²) < 4.78 is 26.9. The van der Waals surface area contributed by atoms with Gasteiger partial charge in [0.15, 0.2) is 6.10 Å². The van der Waals surface area contributed by atoms with Gasteiger partial charge in [0.2, 0.25) is 18.1 Å². The maximum atomic E-state index is 12.6. The summed E-state index contributed by atoms with van der Waals surface area (Å²) in [6, 6.07) is 4.80. The number of aliphatic carboxylic acids is 1. The van der Waals surface area contributed by atoms with E-state index in [0.717, 1.165) is 10.5 Å². The molecule has 2 aliphatic heterocycles. The van der Waals surface area contributed by atoms with Crippen molar-refractivity contribution in [2.75, 3.05) is 58.0 Å². The molecule has 1 fully saturated rings. The Bertz CT molecular complexity index is 1260. The number of carbonyl (C=O) groups excluding carboxylic acids is 4. The van der Waals surface area contributed by atoms with Crippen LogP contribution in [0.3, 0.4) is 0 Å². The molecule has 0 radical (unpaired) electrons. The van der Waals surface area contributed by atoms with E-state index in [0.29, 0.717) is 6.42 Å². The maximum Gasteiger partial charge on any atom is 0.335 e. The number of imide groups is 1. The van der Waals surface area contributed by atoms with E-state index in [1.165, 1.54) is 18.2 Å². The fourth-order valence-electron chi connectivity index (χ4n) is 4.40. The average Bonchev–Trinajstić information content (AvgIpc) is 3.36. The standard InChI is InChI=1S/C30H41N3O14/c1-2-18-3-4-20(46-30-27(40)25(38)26(39)28(47-30)29(41)42)19(17-18)32-22(35)7-9-31-21(34)8-11-43-13-15-45-16-14-44-12-10-33-23(36)5-6-24(33)37/h3-6,17,25-28,30,38-40H,2,7-16H2,1H3,(H,31,34)(H,32,35)(H,41,42)/t25-,26-,27+,28-,30+/m0/s1. The lowest BCUT2D eigenvalue weighted by Gasteiger charge is -2.38. The quantitative estimate of drug-likeness (QED) is 0.0674. The molecule has 17 nitrogen and oxygen atoms in total. The number of carboxylic acid groups (broad SMARTS) is 1. The number of hydrogen-bond donors (Lipinski definition) is 6. The fourth-order valence-corrected chi connectivity index (χ4v) is 4.40. The lowest BCUT2D eigenvalue weighted by Crippen LogP contribution is -2.61. The first-order valence-corrected chi connectivity index (χ1v) is 15.1. The van der Waals surface area contributed by atoms with Crippen LogP contribution in [0.5, 0.6) is 5.75 Å². The molecule has 47 heavy (non-hydrogen) atoms. The second-order valence-electron chi connectivity index (χ2n) is 10.4. The van der Waals surface area contributed by atoms with Gasteiger partial charge in [-0.3, -0.25) is 24.1 Å². The first-order chi connectivity index (χ1) is 22.5. The Morgan fingerprint density at radius 1 is 0.851 bits per heavy atom. The highest BCUT2D eigenvalue weighted by atomic mass is 16.7. The summed E-state index contributed by atoms with van der Waals surface area (Å²) in [5.74, 6) is -3.06. The molecule has 6 N–H and O–H groups in total. The monoisotopic (exact) mass is 667 g/mol. The van der Waals surface area contributed by atoms with Crippen LogP contribution in [0.4, 0.5) is 5.69 Å². The van der Waals surface area contributed by atoms with Gasteiger partial charge in [0.05, 0.1) is 51.9 Å². The third-order valence-electron chi connectivity index (χ3n) is 7.03. The largest absolute Gasteiger partial charge is 0.479 e. The summed E-state index contributed by atoms with van der Waals surface area (Å²) in [5.41, 5.74) is 1.02. The molecule has 2 heterocycles. The highest BCUT2D eigenvalue weighted by Gasteiger charge is 2.48. The Hall–Kier alpha value is -3.97. The van der Waals surface area contributed by atoms with E-state index in [2.05, 4.69) is 10.6 Å². The number of carboxylic acids is 1. The Kier molecular flexibility index (Phi) is 15.2. The first-order valence-electron chi connectivity index (χ1n) is 15.1. The topological polar surface area (TPSA) is 240 Å². The normalized spacial score (nSPS) is 22.4. The van der Waals surface area contributed by atoms with E-state index in [4.69, 9.17) is 23.7 Å². The molecule has 17 heteroatoms.